The molecule has 0 radical (unpaired) electrons. The fraction of sp³-hybridized carbons (Fsp3) is 0.364. The standard InChI is InChI=1S/C22H28N5O4S/c1-6-27(7-2)12-20(28)25-21-13(3)19(23-14(21)4)11-17-16-10-15(26-32(30)31-5)8-9-18(16)24-22(17)29/h8-11,23H,6-7,12H2,1-5H3,(H,24,29)(H,25,28)/q-1/b17-11-. The normalized spacial score (nSPS) is 15.3. The second-order valence-electron chi connectivity index (χ2n) is 7.39. The van der Waals surface area contributed by atoms with E-state index in [9.17, 15) is 13.8 Å². The number of hydrogen-bond acceptors (Lipinski definition) is 7. The number of aromatic nitrogens is 1. The number of H-pyrrole nitrogens is 1. The van der Waals surface area contributed by atoms with Gasteiger partial charge in [-0.15, -0.1) is 0 Å². The van der Waals surface area contributed by atoms with Gasteiger partial charge in [-0.2, -0.15) is 0 Å². The van der Waals surface area contributed by atoms with Gasteiger partial charge in [-0.25, -0.2) is 0 Å². The van der Waals surface area contributed by atoms with Crippen molar-refractivity contribution < 1.29 is 18.0 Å². The van der Waals surface area contributed by atoms with Crippen molar-refractivity contribution >= 4 is 51.4 Å². The van der Waals surface area contributed by atoms with Gasteiger partial charge in [0.05, 0.1) is 17.8 Å². The van der Waals surface area contributed by atoms with E-state index < -0.39 is 10.9 Å². The first-order valence-electron chi connectivity index (χ1n) is 10.3. The van der Waals surface area contributed by atoms with Crippen molar-refractivity contribution in [1.29, 1.82) is 0 Å². The number of nitrogens with one attached hydrogen (secondary N) is 3. The van der Waals surface area contributed by atoms with Gasteiger partial charge >= 0.3 is 0 Å². The predicted octanol–water partition coefficient (Wildman–Crippen LogP) is 3.74. The Morgan fingerprint density at radius 2 is 2.00 bits per heavy atom. The predicted molar refractivity (Wildman–Crippen MR) is 127 cm³/mol. The first kappa shape index (κ1) is 23.7. The number of aryl methyl sites for hydroxylation is 1. The largest absolute Gasteiger partial charge is 0.441 e. The molecule has 2 amide bonds. The number of fused-ring (bicyclic) bond motifs is 1. The average molecular weight is 459 g/mol. The van der Waals surface area contributed by atoms with Crippen LogP contribution < -0.4 is 10.6 Å². The highest BCUT2D eigenvalue weighted by Gasteiger charge is 2.25. The lowest BCUT2D eigenvalue weighted by molar-refractivity contribution is -0.117. The number of likely N-dealkylation sites (N-methyl/N-ethyl adjacent to an activating group) is 1. The molecule has 0 aliphatic carbocycles. The molecule has 0 atom stereocenters. The van der Waals surface area contributed by atoms with E-state index in [0.29, 0.717) is 34.7 Å². The first-order chi connectivity index (χ1) is 15.3. The molecule has 172 valence electrons. The van der Waals surface area contributed by atoms with Crippen LogP contribution in [0.15, 0.2) is 22.6 Å². The highest BCUT2D eigenvalue weighted by atomic mass is 32.2. The Kier molecular flexibility index (Phi) is 7.49. The number of benzene rings is 1. The average Bonchev–Trinajstić information content (AvgIpc) is 3.22. The van der Waals surface area contributed by atoms with Gasteiger partial charge in [0.15, 0.2) is 0 Å². The minimum absolute atomic E-state index is 0.0838. The van der Waals surface area contributed by atoms with E-state index in [4.69, 9.17) is 0 Å². The summed E-state index contributed by atoms with van der Waals surface area (Å²) in [5, 5.41) is 5.81. The van der Waals surface area contributed by atoms with Gasteiger partial charge in [-0.3, -0.25) is 14.5 Å². The lowest BCUT2D eigenvalue weighted by Crippen LogP contribution is -2.33. The number of nitrogens with zero attached hydrogens (tertiary/aromatic N) is 2. The number of carbonyl (C=O) groups excluding carboxylic acids is 2. The van der Waals surface area contributed by atoms with Crippen LogP contribution in [-0.2, 0) is 28.9 Å². The van der Waals surface area contributed by atoms with Crippen LogP contribution in [0.1, 0.15) is 36.4 Å². The Morgan fingerprint density at radius 3 is 2.66 bits per heavy atom. The minimum Gasteiger partial charge on any atom is -0.441 e. The molecule has 1 aliphatic heterocycles. The van der Waals surface area contributed by atoms with Crippen LogP contribution in [0.4, 0.5) is 17.1 Å². The molecule has 0 fully saturated rings. The van der Waals surface area contributed by atoms with Crippen LogP contribution in [0, 0.1) is 13.8 Å². The molecule has 3 N–H and O–H groups in total. The van der Waals surface area contributed by atoms with Crippen LogP contribution in [0.5, 0.6) is 0 Å². The van der Waals surface area contributed by atoms with Crippen LogP contribution in [-0.4, -0.2) is 48.4 Å². The summed E-state index contributed by atoms with van der Waals surface area (Å²) >= 11 is 0. The molecule has 1 aliphatic rings. The summed E-state index contributed by atoms with van der Waals surface area (Å²) in [4.78, 5) is 30.4. The summed E-state index contributed by atoms with van der Waals surface area (Å²) in [6, 6.07) is 5.06. The van der Waals surface area contributed by atoms with Crippen molar-refractivity contribution in [2.45, 2.75) is 27.7 Å². The van der Waals surface area contributed by atoms with E-state index in [-0.39, 0.29) is 11.8 Å². The second kappa shape index (κ2) is 10.1. The summed E-state index contributed by atoms with van der Waals surface area (Å²) in [6.07, 6.45) is 1.75. The number of aromatic amines is 1. The molecule has 9 nitrogen and oxygen atoms in total. The Bertz CT molecular complexity index is 1160. The van der Waals surface area contributed by atoms with Gasteiger partial charge in [-0.1, -0.05) is 24.7 Å². The fourth-order valence-corrected chi connectivity index (χ4v) is 3.94. The van der Waals surface area contributed by atoms with Gasteiger partial charge in [0.1, 0.15) is 0 Å². The third-order valence-electron chi connectivity index (χ3n) is 5.40. The molecular formula is C22H28N5O4S-. The fourth-order valence-electron chi connectivity index (χ4n) is 3.58. The number of carbonyl (C=O) groups is 2. The number of anilines is 2. The van der Waals surface area contributed by atoms with Crippen LogP contribution in [0.2, 0.25) is 0 Å². The lowest BCUT2D eigenvalue weighted by Gasteiger charge is -2.17. The van der Waals surface area contributed by atoms with E-state index in [1.54, 1.807) is 24.3 Å². The number of amides is 2. The molecule has 0 spiro atoms. The molecule has 0 saturated carbocycles. The molecule has 10 heteroatoms. The molecule has 1 aromatic heterocycles. The summed E-state index contributed by atoms with van der Waals surface area (Å²) in [5.41, 5.74) is 5.28. The Morgan fingerprint density at radius 1 is 1.28 bits per heavy atom. The number of rotatable bonds is 8. The molecule has 0 saturated heterocycles. The highest BCUT2D eigenvalue weighted by Crippen LogP contribution is 2.37. The quantitative estimate of drug-likeness (QED) is 0.412. The maximum Gasteiger partial charge on any atom is 0.256 e. The molecule has 0 bridgehead atoms. The van der Waals surface area contributed by atoms with Gasteiger partial charge in [0.25, 0.3) is 5.91 Å². The zero-order chi connectivity index (χ0) is 23.4. The van der Waals surface area contributed by atoms with Crippen LogP contribution in [0.3, 0.4) is 0 Å². The van der Waals surface area contributed by atoms with E-state index in [1.165, 1.54) is 7.11 Å². The summed E-state index contributed by atoms with van der Waals surface area (Å²) in [7, 11) is -0.494. The van der Waals surface area contributed by atoms with Gasteiger partial charge in [0, 0.05) is 35.4 Å². The van der Waals surface area contributed by atoms with Crippen molar-refractivity contribution in [1.82, 2.24) is 9.88 Å². The number of hydrogen-bond donors (Lipinski definition) is 3. The highest BCUT2D eigenvalue weighted by molar-refractivity contribution is 7.69. The monoisotopic (exact) mass is 458 g/mol. The maximum absolute atomic E-state index is 12.6. The second-order valence-corrected chi connectivity index (χ2v) is 8.34. The van der Waals surface area contributed by atoms with Gasteiger partial charge in [-0.05, 0) is 56.8 Å². The molecule has 2 aromatic rings. The van der Waals surface area contributed by atoms with Crippen molar-refractivity contribution in [2.24, 2.45) is 4.36 Å². The van der Waals surface area contributed by atoms with Crippen LogP contribution >= 0.6 is 0 Å². The molecule has 1 aromatic carbocycles. The Balaban J connectivity index is 1.92. The van der Waals surface area contributed by atoms with E-state index >= 15 is 0 Å². The summed E-state index contributed by atoms with van der Waals surface area (Å²) in [6.45, 7) is 9.72. The zero-order valence-corrected chi connectivity index (χ0v) is 19.7. The van der Waals surface area contributed by atoms with E-state index in [2.05, 4.69) is 24.2 Å². The smallest absolute Gasteiger partial charge is 0.256 e. The Hall–Kier alpha value is -2.95. The third kappa shape index (κ3) is 5.09. The molecular weight excluding hydrogens is 430 g/mol. The third-order valence-corrected chi connectivity index (χ3v) is 6.04. The van der Waals surface area contributed by atoms with E-state index in [0.717, 1.165) is 30.0 Å². The van der Waals surface area contributed by atoms with Crippen molar-refractivity contribution in [3.05, 3.63) is 40.7 Å². The SMILES string of the molecule is CCN(CC)CC(=O)Nc1c(C)[nH]c(/C=C2\C(=O)Nc3ccc(N=[S-](=O)OC)cc32)c1C. The van der Waals surface area contributed by atoms with Gasteiger partial charge in [0.2, 0.25) is 5.91 Å². The summed E-state index contributed by atoms with van der Waals surface area (Å²) in [5.74, 6) is -0.330. The maximum atomic E-state index is 12.6. The van der Waals surface area contributed by atoms with Crippen molar-refractivity contribution in [3.63, 3.8) is 0 Å². The topological polar surface area (TPSA) is 116 Å². The lowest BCUT2D eigenvalue weighted by atomic mass is 10.0. The van der Waals surface area contributed by atoms with Crippen molar-refractivity contribution in [3.8, 4) is 0 Å². The molecule has 2 heterocycles. The van der Waals surface area contributed by atoms with Gasteiger partial charge < -0.3 is 28.4 Å². The minimum atomic E-state index is -1.80. The Labute approximate surface area is 189 Å². The summed E-state index contributed by atoms with van der Waals surface area (Å²) < 4.78 is 20.2. The first-order valence-corrected chi connectivity index (χ1v) is 11.4. The molecule has 3 rings (SSSR count). The van der Waals surface area contributed by atoms with Crippen molar-refractivity contribution in [2.75, 3.05) is 37.4 Å². The molecule has 0 unspecified atom stereocenters. The molecule has 32 heavy (non-hydrogen) atoms. The van der Waals surface area contributed by atoms with Crippen LogP contribution in [0.25, 0.3) is 11.6 Å². The zero-order valence-electron chi connectivity index (χ0n) is 18.9. The van der Waals surface area contributed by atoms with E-state index in [1.807, 2.05) is 32.6 Å².